The molecule has 0 saturated carbocycles. The maximum atomic E-state index is 11.1. The third-order valence-corrected chi connectivity index (χ3v) is 2.83. The zero-order valence-corrected chi connectivity index (χ0v) is 11.1. The van der Waals surface area contributed by atoms with E-state index < -0.39 is 5.97 Å². The van der Waals surface area contributed by atoms with E-state index in [0.717, 1.165) is 17.0 Å². The number of carboxylic acids is 1. The molecule has 0 aromatic carbocycles. The van der Waals surface area contributed by atoms with Gasteiger partial charge in [0.1, 0.15) is 11.4 Å². The standard InChI is InChI=1S/C13H16N4O2/c1-8-4-5-11(13(18)19)12(15-8)14-6-10-7-17(3)16-9(10)2/h4-5,7H,6H2,1-3H3,(H,14,15)(H,18,19). The van der Waals surface area contributed by atoms with E-state index in [2.05, 4.69) is 15.4 Å². The maximum Gasteiger partial charge on any atom is 0.339 e. The number of aryl methyl sites for hydroxylation is 3. The number of pyridine rings is 1. The first kappa shape index (κ1) is 13.1. The molecule has 0 aliphatic carbocycles. The number of hydrogen-bond acceptors (Lipinski definition) is 4. The van der Waals surface area contributed by atoms with Crippen molar-refractivity contribution < 1.29 is 9.90 Å². The highest BCUT2D eigenvalue weighted by molar-refractivity contribution is 5.93. The van der Waals surface area contributed by atoms with Gasteiger partial charge in [-0.3, -0.25) is 4.68 Å². The van der Waals surface area contributed by atoms with Crippen LogP contribution >= 0.6 is 0 Å². The molecule has 19 heavy (non-hydrogen) atoms. The number of nitrogens with one attached hydrogen (secondary N) is 1. The fourth-order valence-electron chi connectivity index (χ4n) is 1.87. The third kappa shape index (κ3) is 2.90. The summed E-state index contributed by atoms with van der Waals surface area (Å²) in [6, 6.07) is 3.24. The number of nitrogens with zero attached hydrogens (tertiary/aromatic N) is 3. The van der Waals surface area contributed by atoms with E-state index in [0.29, 0.717) is 12.4 Å². The van der Waals surface area contributed by atoms with Gasteiger partial charge in [-0.05, 0) is 26.0 Å². The highest BCUT2D eigenvalue weighted by atomic mass is 16.4. The molecular formula is C13H16N4O2. The van der Waals surface area contributed by atoms with Crippen molar-refractivity contribution >= 4 is 11.8 Å². The maximum absolute atomic E-state index is 11.1. The Hall–Kier alpha value is -2.37. The molecule has 100 valence electrons. The molecule has 0 bridgehead atoms. The van der Waals surface area contributed by atoms with Crippen LogP contribution in [0.2, 0.25) is 0 Å². The Morgan fingerprint density at radius 3 is 2.74 bits per heavy atom. The topological polar surface area (TPSA) is 80.0 Å². The second kappa shape index (κ2) is 5.09. The summed E-state index contributed by atoms with van der Waals surface area (Å²) in [4.78, 5) is 15.3. The zero-order chi connectivity index (χ0) is 14.0. The Kier molecular flexibility index (Phi) is 3.50. The molecule has 0 saturated heterocycles. The molecule has 2 rings (SSSR count). The lowest BCUT2D eigenvalue weighted by molar-refractivity contribution is 0.0697. The average Bonchev–Trinajstić information content (AvgIpc) is 2.65. The summed E-state index contributed by atoms with van der Waals surface area (Å²) in [6.45, 7) is 4.24. The predicted molar refractivity (Wildman–Crippen MR) is 71.2 cm³/mol. The summed E-state index contributed by atoms with van der Waals surface area (Å²) in [7, 11) is 1.85. The fraction of sp³-hybridized carbons (Fsp3) is 0.308. The Labute approximate surface area is 111 Å². The number of aromatic carboxylic acids is 1. The van der Waals surface area contributed by atoms with Gasteiger partial charge in [0.25, 0.3) is 0 Å². The lowest BCUT2D eigenvalue weighted by Crippen LogP contribution is -2.09. The monoisotopic (exact) mass is 260 g/mol. The molecule has 2 heterocycles. The van der Waals surface area contributed by atoms with Crippen molar-refractivity contribution in [2.24, 2.45) is 7.05 Å². The molecule has 2 aromatic rings. The molecule has 0 aliphatic rings. The first-order valence-corrected chi connectivity index (χ1v) is 5.91. The van der Waals surface area contributed by atoms with E-state index in [4.69, 9.17) is 5.11 Å². The first-order valence-electron chi connectivity index (χ1n) is 5.91. The van der Waals surface area contributed by atoms with Gasteiger partial charge < -0.3 is 10.4 Å². The van der Waals surface area contributed by atoms with Crippen molar-refractivity contribution in [3.63, 3.8) is 0 Å². The molecule has 0 fully saturated rings. The second-order valence-electron chi connectivity index (χ2n) is 4.42. The number of rotatable bonds is 4. The lowest BCUT2D eigenvalue weighted by Gasteiger charge is -2.08. The largest absolute Gasteiger partial charge is 0.478 e. The molecule has 6 nitrogen and oxygen atoms in total. The van der Waals surface area contributed by atoms with Crippen LogP contribution in [0.1, 0.15) is 27.3 Å². The van der Waals surface area contributed by atoms with Crippen LogP contribution < -0.4 is 5.32 Å². The van der Waals surface area contributed by atoms with Crippen LogP contribution in [0.5, 0.6) is 0 Å². The minimum Gasteiger partial charge on any atom is -0.478 e. The van der Waals surface area contributed by atoms with E-state index in [1.165, 1.54) is 0 Å². The van der Waals surface area contributed by atoms with Gasteiger partial charge in [0.2, 0.25) is 0 Å². The number of carbonyl (C=O) groups is 1. The summed E-state index contributed by atoms with van der Waals surface area (Å²) in [6.07, 6.45) is 1.90. The summed E-state index contributed by atoms with van der Waals surface area (Å²) in [5.74, 6) is -0.603. The molecular weight excluding hydrogens is 244 g/mol. The average molecular weight is 260 g/mol. The Bertz CT molecular complexity index is 619. The van der Waals surface area contributed by atoms with Crippen LogP contribution in [-0.4, -0.2) is 25.8 Å². The van der Waals surface area contributed by atoms with Crippen molar-refractivity contribution in [2.45, 2.75) is 20.4 Å². The van der Waals surface area contributed by atoms with Crippen LogP contribution in [0.4, 0.5) is 5.82 Å². The summed E-state index contributed by atoms with van der Waals surface area (Å²) in [5, 5.41) is 16.4. The van der Waals surface area contributed by atoms with Crippen LogP contribution in [0.25, 0.3) is 0 Å². The van der Waals surface area contributed by atoms with Crippen LogP contribution in [0.15, 0.2) is 18.3 Å². The Balaban J connectivity index is 2.21. The van der Waals surface area contributed by atoms with Crippen LogP contribution in [0.3, 0.4) is 0 Å². The van der Waals surface area contributed by atoms with E-state index in [1.54, 1.807) is 16.8 Å². The van der Waals surface area contributed by atoms with Gasteiger partial charge in [-0.2, -0.15) is 5.10 Å². The SMILES string of the molecule is Cc1ccc(C(=O)O)c(NCc2cn(C)nc2C)n1. The quantitative estimate of drug-likeness (QED) is 0.875. The van der Waals surface area contributed by atoms with Gasteiger partial charge in [-0.1, -0.05) is 0 Å². The van der Waals surface area contributed by atoms with E-state index >= 15 is 0 Å². The van der Waals surface area contributed by atoms with E-state index in [1.807, 2.05) is 27.1 Å². The highest BCUT2D eigenvalue weighted by Gasteiger charge is 2.12. The number of aromatic nitrogens is 3. The Morgan fingerprint density at radius 2 is 2.16 bits per heavy atom. The Morgan fingerprint density at radius 1 is 1.42 bits per heavy atom. The normalized spacial score (nSPS) is 10.5. The summed E-state index contributed by atoms with van der Waals surface area (Å²) >= 11 is 0. The minimum atomic E-state index is -0.988. The summed E-state index contributed by atoms with van der Waals surface area (Å²) < 4.78 is 1.73. The minimum absolute atomic E-state index is 0.173. The fourth-order valence-corrected chi connectivity index (χ4v) is 1.87. The third-order valence-electron chi connectivity index (χ3n) is 2.83. The van der Waals surface area contributed by atoms with Crippen molar-refractivity contribution in [3.8, 4) is 0 Å². The smallest absolute Gasteiger partial charge is 0.339 e. The van der Waals surface area contributed by atoms with Gasteiger partial charge in [0.15, 0.2) is 0 Å². The molecule has 6 heteroatoms. The molecule has 0 amide bonds. The van der Waals surface area contributed by atoms with Crippen molar-refractivity contribution in [2.75, 3.05) is 5.32 Å². The number of anilines is 1. The lowest BCUT2D eigenvalue weighted by atomic mass is 10.2. The highest BCUT2D eigenvalue weighted by Crippen LogP contribution is 2.15. The second-order valence-corrected chi connectivity index (χ2v) is 4.42. The summed E-state index contributed by atoms with van der Waals surface area (Å²) in [5.41, 5.74) is 2.88. The van der Waals surface area contributed by atoms with E-state index in [-0.39, 0.29) is 5.56 Å². The number of carboxylic acid groups (broad SMARTS) is 1. The van der Waals surface area contributed by atoms with Crippen LogP contribution in [-0.2, 0) is 13.6 Å². The van der Waals surface area contributed by atoms with E-state index in [9.17, 15) is 4.79 Å². The van der Waals surface area contributed by atoms with Crippen molar-refractivity contribution in [3.05, 3.63) is 40.8 Å². The molecule has 0 spiro atoms. The van der Waals surface area contributed by atoms with Gasteiger partial charge in [-0.25, -0.2) is 9.78 Å². The van der Waals surface area contributed by atoms with Crippen molar-refractivity contribution in [1.29, 1.82) is 0 Å². The molecule has 2 aromatic heterocycles. The molecule has 0 radical (unpaired) electrons. The zero-order valence-electron chi connectivity index (χ0n) is 11.1. The first-order chi connectivity index (χ1) is 8.97. The predicted octanol–water partition coefficient (Wildman–Crippen LogP) is 1.74. The van der Waals surface area contributed by atoms with Gasteiger partial charge in [-0.15, -0.1) is 0 Å². The van der Waals surface area contributed by atoms with Gasteiger partial charge in [0.05, 0.1) is 5.69 Å². The number of hydrogen-bond donors (Lipinski definition) is 2. The molecule has 0 aliphatic heterocycles. The van der Waals surface area contributed by atoms with Crippen LogP contribution in [0, 0.1) is 13.8 Å². The van der Waals surface area contributed by atoms with Crippen molar-refractivity contribution in [1.82, 2.24) is 14.8 Å². The molecule has 0 unspecified atom stereocenters. The van der Waals surface area contributed by atoms with Gasteiger partial charge >= 0.3 is 5.97 Å². The molecule has 2 N–H and O–H groups in total. The molecule has 0 atom stereocenters. The van der Waals surface area contributed by atoms with Gasteiger partial charge in [0, 0.05) is 31.0 Å².